The minimum absolute atomic E-state index is 0.194. The van der Waals surface area contributed by atoms with Crippen molar-refractivity contribution in [3.05, 3.63) is 24.0 Å². The van der Waals surface area contributed by atoms with Crippen LogP contribution in [0.25, 0.3) is 0 Å². The molecule has 0 spiro atoms. The Bertz CT molecular complexity index is 298. The van der Waals surface area contributed by atoms with E-state index in [9.17, 15) is 0 Å². The molecule has 1 unspecified atom stereocenters. The second-order valence-electron chi connectivity index (χ2n) is 3.17. The lowest BCUT2D eigenvalue weighted by molar-refractivity contribution is 0.267. The first-order chi connectivity index (χ1) is 5.70. The minimum atomic E-state index is 0.194. The van der Waals surface area contributed by atoms with Gasteiger partial charge in [0.05, 0.1) is 10.0 Å². The van der Waals surface area contributed by atoms with Gasteiger partial charge in [0.2, 0.25) is 0 Å². The molecular formula is C9H10INO. The van der Waals surface area contributed by atoms with Crippen molar-refractivity contribution in [2.24, 2.45) is 0 Å². The summed E-state index contributed by atoms with van der Waals surface area (Å²) in [5, 5.41) is 0. The van der Waals surface area contributed by atoms with E-state index in [0.29, 0.717) is 0 Å². The topological polar surface area (TPSA) is 22.1 Å². The number of alkyl halides is 1. The minimum Gasteiger partial charge on any atom is -0.493 e. The number of ether oxygens (including phenoxy) is 1. The number of fused-ring (bicyclic) bond motifs is 1. The average molecular weight is 275 g/mol. The van der Waals surface area contributed by atoms with Gasteiger partial charge in [0, 0.05) is 24.4 Å². The maximum atomic E-state index is 5.51. The van der Waals surface area contributed by atoms with Crippen LogP contribution in [0, 0.1) is 0 Å². The van der Waals surface area contributed by atoms with Crippen molar-refractivity contribution >= 4 is 22.6 Å². The predicted octanol–water partition coefficient (Wildman–Crippen LogP) is 2.51. The zero-order valence-corrected chi connectivity index (χ0v) is 9.04. The number of halogens is 1. The number of hydrogen-bond donors (Lipinski definition) is 0. The first kappa shape index (κ1) is 8.29. The molecule has 1 aliphatic heterocycles. The van der Waals surface area contributed by atoms with E-state index in [1.807, 2.05) is 12.3 Å². The van der Waals surface area contributed by atoms with Crippen LogP contribution in [0.2, 0.25) is 0 Å². The molecule has 12 heavy (non-hydrogen) atoms. The van der Waals surface area contributed by atoms with E-state index in [4.69, 9.17) is 4.74 Å². The maximum Gasteiger partial charge on any atom is 0.126 e. The predicted molar refractivity (Wildman–Crippen MR) is 55.7 cm³/mol. The summed E-state index contributed by atoms with van der Waals surface area (Å²) in [7, 11) is 0. The van der Waals surface area contributed by atoms with E-state index in [0.717, 1.165) is 18.8 Å². The summed E-state index contributed by atoms with van der Waals surface area (Å²) in [6.07, 6.45) is 4.74. The molecule has 2 nitrogen and oxygen atoms in total. The third-order valence-electron chi connectivity index (χ3n) is 2.17. The van der Waals surface area contributed by atoms with Gasteiger partial charge in [-0.1, -0.05) is 22.6 Å². The van der Waals surface area contributed by atoms with Gasteiger partial charge in [0.15, 0.2) is 0 Å². The summed E-state index contributed by atoms with van der Waals surface area (Å²) in [5.74, 6) is 0.994. The van der Waals surface area contributed by atoms with Crippen molar-refractivity contribution in [3.63, 3.8) is 0 Å². The smallest absolute Gasteiger partial charge is 0.126 e. The van der Waals surface area contributed by atoms with Crippen LogP contribution >= 0.6 is 22.6 Å². The van der Waals surface area contributed by atoms with Gasteiger partial charge in [0.25, 0.3) is 0 Å². The van der Waals surface area contributed by atoms with E-state index in [1.54, 1.807) is 6.20 Å². The largest absolute Gasteiger partial charge is 0.493 e. The molecule has 3 heteroatoms. The molecule has 0 aliphatic carbocycles. The fourth-order valence-electron chi connectivity index (χ4n) is 1.39. The van der Waals surface area contributed by atoms with Crippen molar-refractivity contribution in [2.75, 3.05) is 6.61 Å². The molecule has 0 saturated carbocycles. The molecule has 2 rings (SSSR count). The first-order valence-corrected chi connectivity index (χ1v) is 5.04. The molecule has 0 N–H and O–H groups in total. The lowest BCUT2D eigenvalue weighted by Gasteiger charge is -2.29. The SMILES string of the molecule is CC1(I)CCOc2ccncc21. The van der Waals surface area contributed by atoms with Crippen LogP contribution in [0.15, 0.2) is 18.5 Å². The molecule has 1 aromatic heterocycles. The van der Waals surface area contributed by atoms with Gasteiger partial charge in [-0.2, -0.15) is 0 Å². The normalized spacial score (nSPS) is 27.5. The van der Waals surface area contributed by atoms with E-state index in [1.165, 1.54) is 5.56 Å². The molecular weight excluding hydrogens is 265 g/mol. The van der Waals surface area contributed by atoms with Gasteiger partial charge in [-0.25, -0.2) is 0 Å². The Hall–Kier alpha value is -0.320. The van der Waals surface area contributed by atoms with Crippen LogP contribution in [-0.4, -0.2) is 11.6 Å². The van der Waals surface area contributed by atoms with Gasteiger partial charge in [-0.3, -0.25) is 4.98 Å². The molecule has 0 bridgehead atoms. The molecule has 1 aromatic rings. The molecule has 64 valence electrons. The van der Waals surface area contributed by atoms with Gasteiger partial charge in [-0.05, 0) is 13.0 Å². The van der Waals surface area contributed by atoms with Crippen molar-refractivity contribution in [2.45, 2.75) is 16.8 Å². The monoisotopic (exact) mass is 275 g/mol. The molecule has 0 radical (unpaired) electrons. The van der Waals surface area contributed by atoms with Crippen molar-refractivity contribution in [3.8, 4) is 5.75 Å². The third kappa shape index (κ3) is 1.30. The molecule has 0 fully saturated rings. The van der Waals surface area contributed by atoms with Crippen molar-refractivity contribution in [1.82, 2.24) is 4.98 Å². The van der Waals surface area contributed by atoms with Crippen LogP contribution in [0.5, 0.6) is 5.75 Å². The quantitative estimate of drug-likeness (QED) is 0.536. The molecule has 1 atom stereocenters. The van der Waals surface area contributed by atoms with Crippen molar-refractivity contribution < 1.29 is 4.74 Å². The van der Waals surface area contributed by atoms with E-state index in [2.05, 4.69) is 34.5 Å². The third-order valence-corrected chi connectivity index (χ3v) is 3.29. The summed E-state index contributed by atoms with van der Waals surface area (Å²) < 4.78 is 5.71. The fourth-order valence-corrected chi connectivity index (χ4v) is 2.01. The average Bonchev–Trinajstić information content (AvgIpc) is 2.04. The van der Waals surface area contributed by atoms with Crippen LogP contribution in [0.4, 0.5) is 0 Å². The molecule has 0 aromatic carbocycles. The summed E-state index contributed by atoms with van der Waals surface area (Å²) in [4.78, 5) is 4.11. The van der Waals surface area contributed by atoms with Crippen molar-refractivity contribution in [1.29, 1.82) is 0 Å². The second-order valence-corrected chi connectivity index (χ2v) is 5.55. The van der Waals surface area contributed by atoms with E-state index in [-0.39, 0.29) is 3.42 Å². The van der Waals surface area contributed by atoms with Gasteiger partial charge in [-0.15, -0.1) is 0 Å². The summed E-state index contributed by atoms with van der Waals surface area (Å²) >= 11 is 2.46. The number of nitrogens with zero attached hydrogens (tertiary/aromatic N) is 1. The standard InChI is InChI=1S/C9H10INO/c1-9(10)3-5-12-8-2-4-11-6-7(8)9/h2,4,6H,3,5H2,1H3. The Labute approximate surface area is 85.5 Å². The summed E-state index contributed by atoms with van der Waals surface area (Å²) in [5.41, 5.74) is 1.22. The van der Waals surface area contributed by atoms with Crippen LogP contribution in [0.1, 0.15) is 18.9 Å². The Balaban J connectivity index is 2.52. The Morgan fingerprint density at radius 1 is 1.67 bits per heavy atom. The maximum absolute atomic E-state index is 5.51. The Kier molecular flexibility index (Phi) is 1.98. The highest BCUT2D eigenvalue weighted by Crippen LogP contribution is 2.42. The zero-order valence-electron chi connectivity index (χ0n) is 6.88. The van der Waals surface area contributed by atoms with Gasteiger partial charge >= 0.3 is 0 Å². The Morgan fingerprint density at radius 2 is 2.50 bits per heavy atom. The lowest BCUT2D eigenvalue weighted by Crippen LogP contribution is -2.23. The molecule has 0 amide bonds. The van der Waals surface area contributed by atoms with Gasteiger partial charge < -0.3 is 4.74 Å². The molecule has 2 heterocycles. The number of hydrogen-bond acceptors (Lipinski definition) is 2. The van der Waals surface area contributed by atoms with Crippen LogP contribution < -0.4 is 4.74 Å². The highest BCUT2D eigenvalue weighted by molar-refractivity contribution is 14.1. The number of aromatic nitrogens is 1. The fraction of sp³-hybridized carbons (Fsp3) is 0.444. The zero-order chi connectivity index (χ0) is 8.60. The van der Waals surface area contributed by atoms with E-state index >= 15 is 0 Å². The lowest BCUT2D eigenvalue weighted by atomic mass is 9.97. The first-order valence-electron chi connectivity index (χ1n) is 3.96. The number of pyridine rings is 1. The highest BCUT2D eigenvalue weighted by atomic mass is 127. The second kappa shape index (κ2) is 2.87. The number of rotatable bonds is 0. The highest BCUT2D eigenvalue weighted by Gasteiger charge is 2.30. The summed E-state index contributed by atoms with van der Waals surface area (Å²) in [6.45, 7) is 3.03. The van der Waals surface area contributed by atoms with Crippen LogP contribution in [-0.2, 0) is 3.42 Å². The Morgan fingerprint density at radius 3 is 3.25 bits per heavy atom. The van der Waals surface area contributed by atoms with E-state index < -0.39 is 0 Å². The van der Waals surface area contributed by atoms with Gasteiger partial charge in [0.1, 0.15) is 5.75 Å². The molecule has 1 aliphatic rings. The van der Waals surface area contributed by atoms with Crippen LogP contribution in [0.3, 0.4) is 0 Å². The summed E-state index contributed by atoms with van der Waals surface area (Å²) in [6, 6.07) is 1.94. The molecule has 0 saturated heterocycles.